The Morgan fingerprint density at radius 3 is 2.74 bits per heavy atom. The Morgan fingerprint density at radius 1 is 1.16 bits per heavy atom. The van der Waals surface area contributed by atoms with Crippen LogP contribution < -0.4 is 15.4 Å². The first kappa shape index (κ1) is 27.8. The molecule has 2 amide bonds. The predicted molar refractivity (Wildman–Crippen MR) is 157 cm³/mol. The number of hydrogen-bond acceptors (Lipinski definition) is 6. The number of fused-ring (bicyclic) bond motifs is 1. The van der Waals surface area contributed by atoms with Crippen molar-refractivity contribution in [1.29, 1.82) is 0 Å². The Morgan fingerprint density at radius 2 is 1.97 bits per heavy atom. The smallest absolute Gasteiger partial charge is 0.255 e. The summed E-state index contributed by atoms with van der Waals surface area (Å²) in [5.41, 5.74) is 3.60. The summed E-state index contributed by atoms with van der Waals surface area (Å²) in [6, 6.07) is 15.0. The number of benzene rings is 2. The molecule has 4 rings (SSSR count). The maximum Gasteiger partial charge on any atom is 0.255 e. The SMILES string of the molecule is CCCCC(CC)C(=O)Nc1cccc(C2C(C(=O)Nc3ccccc3OC)=C(C)N=C3SCCCN32)c1. The van der Waals surface area contributed by atoms with Crippen LogP contribution >= 0.6 is 11.8 Å². The van der Waals surface area contributed by atoms with Crippen LogP contribution in [0.25, 0.3) is 0 Å². The number of amidine groups is 1. The standard InChI is InChI=1S/C30H38N4O3S/c1-5-7-12-21(6-2)28(35)32-23-14-10-13-22(19-23)27-26(20(3)31-30-34(27)17-11-18-38-30)29(36)33-24-15-8-9-16-25(24)37-4/h8-10,13-16,19,21,27H,5-7,11-12,17-18H2,1-4H3,(H,32,35)(H,33,36). The molecular formula is C30H38N4O3S. The zero-order valence-electron chi connectivity index (χ0n) is 22.8. The van der Waals surface area contributed by atoms with E-state index < -0.39 is 0 Å². The first-order valence-electron chi connectivity index (χ1n) is 13.5. The fraction of sp³-hybridized carbons (Fsp3) is 0.433. The number of hydrogen-bond donors (Lipinski definition) is 2. The zero-order chi connectivity index (χ0) is 27.1. The highest BCUT2D eigenvalue weighted by atomic mass is 32.2. The Balaban J connectivity index is 1.66. The summed E-state index contributed by atoms with van der Waals surface area (Å²) in [6.07, 6.45) is 4.82. The third kappa shape index (κ3) is 6.23. The third-order valence-electron chi connectivity index (χ3n) is 7.10. The highest BCUT2D eigenvalue weighted by Crippen LogP contribution is 2.40. The minimum atomic E-state index is -0.316. The highest BCUT2D eigenvalue weighted by molar-refractivity contribution is 8.13. The molecule has 0 aliphatic carbocycles. The second-order valence-electron chi connectivity index (χ2n) is 9.71. The second kappa shape index (κ2) is 13.0. The molecule has 2 heterocycles. The summed E-state index contributed by atoms with van der Waals surface area (Å²) in [5.74, 6) is 1.44. The molecule has 0 aromatic heterocycles. The lowest BCUT2D eigenvalue weighted by Gasteiger charge is -2.41. The second-order valence-corrected chi connectivity index (χ2v) is 10.8. The van der Waals surface area contributed by atoms with Crippen molar-refractivity contribution >= 4 is 40.1 Å². The quantitative estimate of drug-likeness (QED) is 0.358. The fourth-order valence-electron chi connectivity index (χ4n) is 5.04. The molecule has 202 valence electrons. The minimum Gasteiger partial charge on any atom is -0.495 e. The van der Waals surface area contributed by atoms with Gasteiger partial charge in [0, 0.05) is 23.9 Å². The van der Waals surface area contributed by atoms with E-state index in [1.54, 1.807) is 18.9 Å². The first-order valence-corrected chi connectivity index (χ1v) is 14.5. The summed E-state index contributed by atoms with van der Waals surface area (Å²) < 4.78 is 5.45. The van der Waals surface area contributed by atoms with Gasteiger partial charge in [-0.05, 0) is 56.0 Å². The van der Waals surface area contributed by atoms with E-state index in [2.05, 4.69) is 29.4 Å². The number of carbonyl (C=O) groups excluding carboxylic acids is 2. The molecular weight excluding hydrogens is 496 g/mol. The summed E-state index contributed by atoms with van der Waals surface area (Å²) in [5, 5.41) is 7.13. The van der Waals surface area contributed by atoms with Gasteiger partial charge < -0.3 is 20.3 Å². The van der Waals surface area contributed by atoms with Gasteiger partial charge in [-0.25, -0.2) is 4.99 Å². The van der Waals surface area contributed by atoms with E-state index in [1.165, 1.54) is 0 Å². The van der Waals surface area contributed by atoms with Gasteiger partial charge in [0.15, 0.2) is 5.17 Å². The van der Waals surface area contributed by atoms with Crippen molar-refractivity contribution in [3.63, 3.8) is 0 Å². The van der Waals surface area contributed by atoms with Crippen LogP contribution in [-0.4, -0.2) is 41.3 Å². The lowest BCUT2D eigenvalue weighted by atomic mass is 9.93. The number of allylic oxidation sites excluding steroid dienone is 1. The Labute approximate surface area is 230 Å². The summed E-state index contributed by atoms with van der Waals surface area (Å²) in [4.78, 5) is 33.9. The maximum atomic E-state index is 13.8. The van der Waals surface area contributed by atoms with Gasteiger partial charge >= 0.3 is 0 Å². The van der Waals surface area contributed by atoms with Gasteiger partial charge in [-0.2, -0.15) is 0 Å². The number of thioether (sulfide) groups is 1. The molecule has 1 fully saturated rings. The molecule has 2 aromatic carbocycles. The number of nitrogens with one attached hydrogen (secondary N) is 2. The number of rotatable bonds is 10. The summed E-state index contributed by atoms with van der Waals surface area (Å²) in [6.45, 7) is 6.91. The van der Waals surface area contributed by atoms with Crippen molar-refractivity contribution in [2.75, 3.05) is 30.0 Å². The van der Waals surface area contributed by atoms with E-state index in [0.29, 0.717) is 22.7 Å². The van der Waals surface area contributed by atoms with Crippen molar-refractivity contribution < 1.29 is 14.3 Å². The van der Waals surface area contributed by atoms with Crippen LogP contribution in [0.4, 0.5) is 11.4 Å². The van der Waals surface area contributed by atoms with Gasteiger partial charge in [-0.3, -0.25) is 9.59 Å². The van der Waals surface area contributed by atoms with Crippen LogP contribution in [0.1, 0.15) is 64.5 Å². The normalized spacial score (nSPS) is 17.8. The molecule has 2 aromatic rings. The first-order chi connectivity index (χ1) is 18.5. The zero-order valence-corrected chi connectivity index (χ0v) is 23.6. The predicted octanol–water partition coefficient (Wildman–Crippen LogP) is 6.61. The van der Waals surface area contributed by atoms with E-state index in [0.717, 1.165) is 60.8 Å². The van der Waals surface area contributed by atoms with Crippen LogP contribution in [-0.2, 0) is 9.59 Å². The Hall–Kier alpha value is -3.26. The average Bonchev–Trinajstić information content (AvgIpc) is 2.93. The molecule has 0 radical (unpaired) electrons. The molecule has 2 atom stereocenters. The van der Waals surface area contributed by atoms with Crippen LogP contribution in [0, 0.1) is 5.92 Å². The Bertz CT molecular complexity index is 1230. The lowest BCUT2D eigenvalue weighted by molar-refractivity contribution is -0.120. The topological polar surface area (TPSA) is 83.0 Å². The van der Waals surface area contributed by atoms with E-state index in [4.69, 9.17) is 9.73 Å². The maximum absolute atomic E-state index is 13.8. The van der Waals surface area contributed by atoms with Crippen molar-refractivity contribution in [2.24, 2.45) is 10.9 Å². The number of anilines is 2. The fourth-order valence-corrected chi connectivity index (χ4v) is 6.06. The highest BCUT2D eigenvalue weighted by Gasteiger charge is 2.37. The molecule has 7 nitrogen and oxygen atoms in total. The number of nitrogens with zero attached hydrogens (tertiary/aromatic N) is 2. The van der Waals surface area contributed by atoms with Gasteiger partial charge in [-0.1, -0.05) is 62.7 Å². The van der Waals surface area contributed by atoms with Crippen LogP contribution in [0.5, 0.6) is 5.75 Å². The molecule has 8 heteroatoms. The van der Waals surface area contributed by atoms with Crippen LogP contribution in [0.3, 0.4) is 0 Å². The molecule has 0 spiro atoms. The summed E-state index contributed by atoms with van der Waals surface area (Å²) in [7, 11) is 1.59. The molecule has 0 saturated carbocycles. The number of aliphatic imine (C=N–C) groups is 1. The lowest BCUT2D eigenvalue weighted by Crippen LogP contribution is -2.43. The molecule has 0 bridgehead atoms. The van der Waals surface area contributed by atoms with E-state index >= 15 is 0 Å². The van der Waals surface area contributed by atoms with E-state index in [9.17, 15) is 9.59 Å². The molecule has 38 heavy (non-hydrogen) atoms. The van der Waals surface area contributed by atoms with E-state index in [1.807, 2.05) is 55.5 Å². The van der Waals surface area contributed by atoms with E-state index in [-0.39, 0.29) is 23.8 Å². The van der Waals surface area contributed by atoms with Gasteiger partial charge in [0.05, 0.1) is 30.1 Å². The largest absolute Gasteiger partial charge is 0.495 e. The Kier molecular flexibility index (Phi) is 9.50. The van der Waals surface area contributed by atoms with Gasteiger partial charge in [-0.15, -0.1) is 0 Å². The van der Waals surface area contributed by atoms with Crippen molar-refractivity contribution in [2.45, 2.75) is 58.9 Å². The monoisotopic (exact) mass is 534 g/mol. The number of ether oxygens (including phenoxy) is 1. The van der Waals surface area contributed by atoms with Crippen LogP contribution in [0.2, 0.25) is 0 Å². The van der Waals surface area contributed by atoms with Crippen molar-refractivity contribution in [1.82, 2.24) is 4.90 Å². The molecule has 2 aliphatic rings. The van der Waals surface area contributed by atoms with Crippen molar-refractivity contribution in [3.8, 4) is 5.75 Å². The van der Waals surface area contributed by atoms with Gasteiger partial charge in [0.2, 0.25) is 5.91 Å². The molecule has 2 N–H and O–H groups in total. The number of carbonyl (C=O) groups is 2. The van der Waals surface area contributed by atoms with Gasteiger partial charge in [0.25, 0.3) is 5.91 Å². The average molecular weight is 535 g/mol. The minimum absolute atomic E-state index is 0.00477. The molecule has 2 aliphatic heterocycles. The molecule has 1 saturated heterocycles. The third-order valence-corrected chi connectivity index (χ3v) is 8.17. The van der Waals surface area contributed by atoms with Crippen LogP contribution in [0.15, 0.2) is 64.8 Å². The number of unbranched alkanes of at least 4 members (excludes halogenated alkanes) is 1. The van der Waals surface area contributed by atoms with Gasteiger partial charge in [0.1, 0.15) is 5.75 Å². The number of amides is 2. The molecule has 2 unspecified atom stereocenters. The van der Waals surface area contributed by atoms with Crippen molar-refractivity contribution in [3.05, 3.63) is 65.4 Å². The number of methoxy groups -OCH3 is 1. The number of para-hydroxylation sites is 2. The summed E-state index contributed by atoms with van der Waals surface area (Å²) >= 11 is 1.72.